The summed E-state index contributed by atoms with van der Waals surface area (Å²) in [4.78, 5) is 11.9. The van der Waals surface area contributed by atoms with Gasteiger partial charge in [0.15, 0.2) is 0 Å². The lowest BCUT2D eigenvalue weighted by atomic mass is 9.45. The topological polar surface area (TPSA) is 37.3 Å². The van der Waals surface area contributed by atoms with Gasteiger partial charge in [-0.1, -0.05) is 24.5 Å². The Hall–Kier alpha value is -0.790. The molecule has 0 aromatic rings. The summed E-state index contributed by atoms with van der Waals surface area (Å²) < 4.78 is 0. The Balaban J connectivity index is 1.90. The summed E-state index contributed by atoms with van der Waals surface area (Å²) in [7, 11) is 0. The number of carboxylic acid groups (broad SMARTS) is 1. The largest absolute Gasteiger partial charge is 0.481 e. The van der Waals surface area contributed by atoms with Gasteiger partial charge < -0.3 is 5.11 Å². The van der Waals surface area contributed by atoms with E-state index in [9.17, 15) is 9.90 Å². The number of aliphatic carboxylic acids is 1. The highest BCUT2D eigenvalue weighted by atomic mass is 16.4. The number of fused-ring (bicyclic) bond motifs is 3. The third kappa shape index (κ3) is 2.25. The van der Waals surface area contributed by atoms with E-state index in [-0.39, 0.29) is 0 Å². The first-order chi connectivity index (χ1) is 10.3. The van der Waals surface area contributed by atoms with E-state index in [1.807, 2.05) is 6.92 Å². The molecule has 2 nitrogen and oxygen atoms in total. The predicted octanol–water partition coefficient (Wildman–Crippen LogP) is 5.43. The number of hydrogen-bond acceptors (Lipinski definition) is 1. The van der Waals surface area contributed by atoms with Crippen molar-refractivity contribution in [1.82, 2.24) is 0 Å². The Labute approximate surface area is 135 Å². The summed E-state index contributed by atoms with van der Waals surface area (Å²) in [6, 6.07) is 0. The number of rotatable bonds is 1. The molecular formula is C20H32O2. The third-order valence-corrected chi connectivity index (χ3v) is 7.78. The summed E-state index contributed by atoms with van der Waals surface area (Å²) in [5.41, 5.74) is 3.09. The second-order valence-corrected chi connectivity index (χ2v) is 8.92. The summed E-state index contributed by atoms with van der Waals surface area (Å²) >= 11 is 0. The fraction of sp³-hybridized carbons (Fsp3) is 0.850. The lowest BCUT2D eigenvalue weighted by molar-refractivity contribution is -0.165. The standard InChI is InChI=1S/C20H32O2/c1-13(2)14-9-11-19(3)15(12-14)7-8-17-16(19)6-5-10-20(17,4)18(21)22/h15-17H,5-12H2,1-4H3,(H,21,22)/t15-,16-,17-,19+,20+/m0/s1. The van der Waals surface area contributed by atoms with Crippen LogP contribution in [0, 0.1) is 28.6 Å². The normalized spacial score (nSPS) is 44.9. The van der Waals surface area contributed by atoms with Crippen molar-refractivity contribution < 1.29 is 9.90 Å². The van der Waals surface area contributed by atoms with Crippen LogP contribution in [0.1, 0.15) is 79.1 Å². The molecule has 1 N–H and O–H groups in total. The maximum Gasteiger partial charge on any atom is 0.309 e. The minimum Gasteiger partial charge on any atom is -0.481 e. The molecule has 0 aromatic carbocycles. The van der Waals surface area contributed by atoms with Crippen LogP contribution in [0.3, 0.4) is 0 Å². The van der Waals surface area contributed by atoms with Gasteiger partial charge in [0.2, 0.25) is 0 Å². The molecular weight excluding hydrogens is 272 g/mol. The highest BCUT2D eigenvalue weighted by Crippen LogP contribution is 2.63. The Morgan fingerprint density at radius 1 is 1.09 bits per heavy atom. The summed E-state index contributed by atoms with van der Waals surface area (Å²) in [5.74, 6) is 1.25. The molecule has 3 aliphatic rings. The van der Waals surface area contributed by atoms with Crippen molar-refractivity contribution in [2.45, 2.75) is 79.1 Å². The molecule has 0 saturated heterocycles. The Morgan fingerprint density at radius 3 is 2.45 bits per heavy atom. The lowest BCUT2D eigenvalue weighted by Gasteiger charge is -2.59. The van der Waals surface area contributed by atoms with E-state index in [1.54, 1.807) is 5.57 Å². The highest BCUT2D eigenvalue weighted by Gasteiger charge is 2.57. The molecule has 0 unspecified atom stereocenters. The molecule has 2 heteroatoms. The van der Waals surface area contributed by atoms with E-state index < -0.39 is 11.4 Å². The van der Waals surface area contributed by atoms with Gasteiger partial charge in [0.25, 0.3) is 0 Å². The molecule has 0 bridgehead atoms. The van der Waals surface area contributed by atoms with Crippen LogP contribution in [0.2, 0.25) is 0 Å². The van der Waals surface area contributed by atoms with Crippen molar-refractivity contribution in [1.29, 1.82) is 0 Å². The molecule has 124 valence electrons. The second kappa shape index (κ2) is 5.39. The summed E-state index contributed by atoms with van der Waals surface area (Å²) in [6.07, 6.45) is 9.38. The molecule has 3 saturated carbocycles. The number of carboxylic acids is 1. The quantitative estimate of drug-likeness (QED) is 0.656. The van der Waals surface area contributed by atoms with Crippen LogP contribution in [-0.4, -0.2) is 11.1 Å². The van der Waals surface area contributed by atoms with Crippen molar-refractivity contribution in [2.24, 2.45) is 28.6 Å². The van der Waals surface area contributed by atoms with Crippen molar-refractivity contribution >= 4 is 5.97 Å². The molecule has 22 heavy (non-hydrogen) atoms. The molecule has 0 spiro atoms. The van der Waals surface area contributed by atoms with Gasteiger partial charge in [-0.3, -0.25) is 4.79 Å². The van der Waals surface area contributed by atoms with Crippen molar-refractivity contribution in [3.05, 3.63) is 11.1 Å². The first-order valence-corrected chi connectivity index (χ1v) is 9.17. The average molecular weight is 304 g/mol. The van der Waals surface area contributed by atoms with Gasteiger partial charge in [-0.2, -0.15) is 0 Å². The van der Waals surface area contributed by atoms with Crippen molar-refractivity contribution in [3.8, 4) is 0 Å². The zero-order chi connectivity index (χ0) is 16.1. The van der Waals surface area contributed by atoms with E-state index in [2.05, 4.69) is 20.8 Å². The van der Waals surface area contributed by atoms with Gasteiger partial charge in [-0.25, -0.2) is 0 Å². The van der Waals surface area contributed by atoms with E-state index in [4.69, 9.17) is 0 Å². The maximum absolute atomic E-state index is 11.9. The smallest absolute Gasteiger partial charge is 0.309 e. The van der Waals surface area contributed by atoms with E-state index in [0.717, 1.165) is 25.2 Å². The lowest BCUT2D eigenvalue weighted by Crippen LogP contribution is -2.54. The predicted molar refractivity (Wildman–Crippen MR) is 89.6 cm³/mol. The Morgan fingerprint density at radius 2 is 1.82 bits per heavy atom. The number of allylic oxidation sites excluding steroid dienone is 2. The molecule has 0 amide bonds. The zero-order valence-electron chi connectivity index (χ0n) is 14.7. The van der Waals surface area contributed by atoms with Crippen LogP contribution in [0.5, 0.6) is 0 Å². The van der Waals surface area contributed by atoms with Crippen molar-refractivity contribution in [2.75, 3.05) is 0 Å². The molecule has 5 atom stereocenters. The van der Waals surface area contributed by atoms with E-state index >= 15 is 0 Å². The minimum absolute atomic E-state index is 0.374. The van der Waals surface area contributed by atoms with Crippen LogP contribution in [-0.2, 0) is 4.79 Å². The molecule has 0 aromatic heterocycles. The Kier molecular flexibility index (Phi) is 3.94. The van der Waals surface area contributed by atoms with Crippen LogP contribution < -0.4 is 0 Å². The van der Waals surface area contributed by atoms with Crippen LogP contribution in [0.15, 0.2) is 11.1 Å². The average Bonchev–Trinajstić information content (AvgIpc) is 2.46. The van der Waals surface area contributed by atoms with Crippen LogP contribution >= 0.6 is 0 Å². The molecule has 0 radical (unpaired) electrons. The summed E-state index contributed by atoms with van der Waals surface area (Å²) in [5, 5.41) is 9.82. The fourth-order valence-corrected chi connectivity index (χ4v) is 6.11. The number of carbonyl (C=O) groups is 1. The van der Waals surface area contributed by atoms with Crippen molar-refractivity contribution in [3.63, 3.8) is 0 Å². The molecule has 3 fully saturated rings. The van der Waals surface area contributed by atoms with Gasteiger partial charge in [-0.15, -0.1) is 0 Å². The van der Waals surface area contributed by atoms with E-state index in [1.165, 1.54) is 37.7 Å². The van der Waals surface area contributed by atoms with Gasteiger partial charge >= 0.3 is 5.97 Å². The molecule has 0 aliphatic heterocycles. The molecule has 3 aliphatic carbocycles. The third-order valence-electron chi connectivity index (χ3n) is 7.78. The molecule has 3 rings (SSSR count). The first-order valence-electron chi connectivity index (χ1n) is 9.17. The number of hydrogen-bond donors (Lipinski definition) is 1. The van der Waals surface area contributed by atoms with Gasteiger partial charge in [-0.05, 0) is 88.9 Å². The van der Waals surface area contributed by atoms with E-state index in [0.29, 0.717) is 17.3 Å². The maximum atomic E-state index is 11.9. The zero-order valence-corrected chi connectivity index (χ0v) is 14.7. The SMILES string of the molecule is CC(C)=C1CC[C@]2(C)[C@@H](CC[C@H]3[C@@H]2CCC[C@@]3(C)C(=O)O)C1. The van der Waals surface area contributed by atoms with Gasteiger partial charge in [0.05, 0.1) is 5.41 Å². The summed E-state index contributed by atoms with van der Waals surface area (Å²) in [6.45, 7) is 9.03. The van der Waals surface area contributed by atoms with Crippen LogP contribution in [0.25, 0.3) is 0 Å². The first kappa shape index (κ1) is 16.1. The second-order valence-electron chi connectivity index (χ2n) is 8.92. The fourth-order valence-electron chi connectivity index (χ4n) is 6.11. The Bertz CT molecular complexity index is 502. The highest BCUT2D eigenvalue weighted by molar-refractivity contribution is 5.74. The minimum atomic E-state index is -0.551. The van der Waals surface area contributed by atoms with Gasteiger partial charge in [0, 0.05) is 0 Å². The van der Waals surface area contributed by atoms with Gasteiger partial charge in [0.1, 0.15) is 0 Å². The molecule has 0 heterocycles. The van der Waals surface area contributed by atoms with Crippen LogP contribution in [0.4, 0.5) is 0 Å². The monoisotopic (exact) mass is 304 g/mol.